The number of phenols is 1. The van der Waals surface area contributed by atoms with Crippen molar-refractivity contribution in [1.29, 1.82) is 0 Å². The molecule has 6 atom stereocenters. The summed E-state index contributed by atoms with van der Waals surface area (Å²) in [6.45, 7) is 3.72. The summed E-state index contributed by atoms with van der Waals surface area (Å²) in [4.78, 5) is 72.5. The Bertz CT molecular complexity index is 2630. The number of aromatic hydroxyl groups is 1. The average molecular weight is 792 g/mol. The predicted octanol–water partition coefficient (Wildman–Crippen LogP) is 7.32. The van der Waals surface area contributed by atoms with Gasteiger partial charge in [-0.05, 0) is 73.9 Å². The number of fused-ring (bicyclic) bond motifs is 5. The summed E-state index contributed by atoms with van der Waals surface area (Å²) < 4.78 is 7.89. The smallest absolute Gasteiger partial charge is 0.271 e. The summed E-state index contributed by atoms with van der Waals surface area (Å²) >= 11 is 7.84. The van der Waals surface area contributed by atoms with Crippen LogP contribution < -0.4 is 14.5 Å². The van der Waals surface area contributed by atoms with Crippen molar-refractivity contribution in [2.75, 3.05) is 16.9 Å². The van der Waals surface area contributed by atoms with Gasteiger partial charge in [0, 0.05) is 52.5 Å². The molecule has 4 heterocycles. The lowest BCUT2D eigenvalue weighted by atomic mass is 9.51. The Morgan fingerprint density at radius 2 is 1.79 bits per heavy atom. The number of aromatic nitrogens is 2. The van der Waals surface area contributed by atoms with Crippen LogP contribution in [0.15, 0.2) is 78.4 Å². The number of imide groups is 2. The Hall–Kier alpha value is -5.86. The first-order chi connectivity index (χ1) is 26.7. The van der Waals surface area contributed by atoms with Crippen molar-refractivity contribution >= 4 is 73.8 Å². The molecule has 0 bridgehead atoms. The molecule has 13 nitrogen and oxygen atoms in total. The number of nitro groups is 1. The Kier molecular flexibility index (Phi) is 8.05. The van der Waals surface area contributed by atoms with Gasteiger partial charge in [-0.3, -0.25) is 34.0 Å². The number of methoxy groups -OCH3 is 1. The quantitative estimate of drug-likeness (QED) is 0.0803. The molecule has 56 heavy (non-hydrogen) atoms. The van der Waals surface area contributed by atoms with Crippen LogP contribution in [0.2, 0.25) is 5.02 Å². The van der Waals surface area contributed by atoms with Crippen LogP contribution >= 0.6 is 22.9 Å². The summed E-state index contributed by atoms with van der Waals surface area (Å²) in [6, 6.07) is 17.6. The number of anilines is 2. The number of hydrogen-bond acceptors (Lipinski definition) is 10. The molecule has 4 aliphatic rings. The van der Waals surface area contributed by atoms with Crippen molar-refractivity contribution in [3.8, 4) is 22.1 Å². The van der Waals surface area contributed by atoms with Gasteiger partial charge in [-0.25, -0.2) is 9.80 Å². The number of nitro benzene ring substituents is 1. The fourth-order valence-electron chi connectivity index (χ4n) is 9.69. The van der Waals surface area contributed by atoms with E-state index in [1.807, 2.05) is 31.2 Å². The van der Waals surface area contributed by atoms with E-state index in [0.29, 0.717) is 27.6 Å². The molecule has 3 aromatic carbocycles. The highest BCUT2D eigenvalue weighted by atomic mass is 35.5. The molecule has 6 unspecified atom stereocenters. The molecule has 4 amide bonds. The van der Waals surface area contributed by atoms with Gasteiger partial charge in [0.15, 0.2) is 0 Å². The molecule has 15 heteroatoms. The molecule has 5 aromatic rings. The van der Waals surface area contributed by atoms with Crippen LogP contribution in [0.4, 0.5) is 17.2 Å². The zero-order valence-electron chi connectivity index (χ0n) is 30.6. The van der Waals surface area contributed by atoms with Gasteiger partial charge in [0.2, 0.25) is 23.6 Å². The van der Waals surface area contributed by atoms with Gasteiger partial charge in [0.1, 0.15) is 23.0 Å². The Morgan fingerprint density at radius 1 is 1.00 bits per heavy atom. The first-order valence-corrected chi connectivity index (χ1v) is 19.2. The summed E-state index contributed by atoms with van der Waals surface area (Å²) in [6.07, 6.45) is 2.13. The minimum absolute atomic E-state index is 0.0840. The molecule has 2 aromatic heterocycles. The second kappa shape index (κ2) is 12.6. The highest BCUT2D eigenvalue weighted by molar-refractivity contribution is 7.22. The number of hydrogen-bond donors (Lipinski definition) is 1. The molecule has 1 N–H and O–H groups in total. The molecular formula is C41H34ClN5O8S. The Balaban J connectivity index is 1.15. The zero-order chi connectivity index (χ0) is 39.5. The molecule has 3 fully saturated rings. The lowest BCUT2D eigenvalue weighted by molar-refractivity contribution is -0.384. The fourth-order valence-corrected chi connectivity index (χ4v) is 11.0. The maximum absolute atomic E-state index is 15.1. The second-order valence-electron chi connectivity index (χ2n) is 15.1. The van der Waals surface area contributed by atoms with E-state index < -0.39 is 63.6 Å². The highest BCUT2D eigenvalue weighted by Gasteiger charge is 2.68. The number of carbonyl (C=O) groups is 4. The molecule has 1 saturated carbocycles. The van der Waals surface area contributed by atoms with Gasteiger partial charge >= 0.3 is 0 Å². The van der Waals surface area contributed by atoms with Crippen molar-refractivity contribution in [2.45, 2.75) is 32.6 Å². The van der Waals surface area contributed by atoms with Gasteiger partial charge in [-0.15, -0.1) is 11.3 Å². The van der Waals surface area contributed by atoms with E-state index in [-0.39, 0.29) is 35.8 Å². The lowest BCUT2D eigenvalue weighted by Gasteiger charge is -2.49. The topological polar surface area (TPSA) is 165 Å². The van der Waals surface area contributed by atoms with Crippen molar-refractivity contribution in [2.24, 2.45) is 36.1 Å². The standard InChI is InChI=1S/C41H34ClN5O8S/c1-19-27-14-20(42)8-13-32(27)56-36(19)30-18-33(44(3)43-30)46-38(50)29-17-28-24(35(41(29,2)40(46)52)25-10-9-23(55-4)16-31(25)48)11-12-26-34(28)39(51)45(37(26)49)21-6-5-7-22(15-21)47(53)54/h5-11,13-16,18,26,28-29,34-35,48H,12,17H2,1-4H3. The third-order valence-corrected chi connectivity index (χ3v) is 13.9. The summed E-state index contributed by atoms with van der Waals surface area (Å²) in [5.74, 6) is -5.61. The number of non-ortho nitro benzene ring substituents is 1. The molecule has 284 valence electrons. The maximum atomic E-state index is 15.1. The van der Waals surface area contributed by atoms with E-state index in [0.717, 1.165) is 25.4 Å². The third kappa shape index (κ3) is 4.94. The molecule has 9 rings (SSSR count). The average Bonchev–Trinajstić information content (AvgIpc) is 3.85. The van der Waals surface area contributed by atoms with Crippen LogP contribution in [0.5, 0.6) is 11.5 Å². The molecule has 2 aliphatic carbocycles. The van der Waals surface area contributed by atoms with E-state index in [9.17, 15) is 29.6 Å². The monoisotopic (exact) mass is 791 g/mol. The van der Waals surface area contributed by atoms with E-state index >= 15 is 4.79 Å². The minimum Gasteiger partial charge on any atom is -0.508 e. The SMILES string of the molecule is COc1ccc(C2C3=CCC4C(=O)N(c5cccc([N+](=O)[O-])c5)C(=O)C4C3CC3C(=O)N(c4cc(-c5sc6ccc(Cl)cc6c5C)nn4C)C(=O)C32C)c(O)c1. The maximum Gasteiger partial charge on any atom is 0.271 e. The number of phenolic OH excluding ortho intramolecular Hbond substituents is 1. The van der Waals surface area contributed by atoms with Crippen molar-refractivity contribution < 1.29 is 33.9 Å². The number of halogens is 1. The normalized spacial score (nSPS) is 25.7. The minimum atomic E-state index is -1.42. The van der Waals surface area contributed by atoms with Crippen LogP contribution in [-0.2, 0) is 26.2 Å². The number of thiophene rings is 1. The van der Waals surface area contributed by atoms with E-state index in [2.05, 4.69) is 0 Å². The number of rotatable bonds is 6. The number of nitrogens with zero attached hydrogens (tertiary/aromatic N) is 5. The molecule has 2 saturated heterocycles. The highest BCUT2D eigenvalue weighted by Crippen LogP contribution is 2.64. The molecule has 0 spiro atoms. The van der Waals surface area contributed by atoms with Crippen LogP contribution in [0.3, 0.4) is 0 Å². The largest absolute Gasteiger partial charge is 0.508 e. The molecule has 2 aliphatic heterocycles. The van der Waals surface area contributed by atoms with Crippen molar-refractivity contribution in [3.63, 3.8) is 0 Å². The van der Waals surface area contributed by atoms with E-state index in [1.54, 1.807) is 32.2 Å². The predicted molar refractivity (Wildman–Crippen MR) is 209 cm³/mol. The summed E-state index contributed by atoms with van der Waals surface area (Å²) in [5.41, 5.74) is 1.02. The second-order valence-corrected chi connectivity index (χ2v) is 16.6. The van der Waals surface area contributed by atoms with Crippen molar-refractivity contribution in [3.05, 3.63) is 105 Å². The van der Waals surface area contributed by atoms with Crippen LogP contribution in [0.25, 0.3) is 20.7 Å². The number of ether oxygens (including phenoxy) is 1. The number of allylic oxidation sites excluding steroid dienone is 2. The van der Waals surface area contributed by atoms with Crippen molar-refractivity contribution in [1.82, 2.24) is 9.78 Å². The van der Waals surface area contributed by atoms with Gasteiger partial charge in [-0.2, -0.15) is 5.10 Å². The first-order valence-electron chi connectivity index (χ1n) is 18.0. The summed E-state index contributed by atoms with van der Waals surface area (Å²) in [7, 11) is 3.14. The van der Waals surface area contributed by atoms with Crippen LogP contribution in [0, 0.1) is 46.1 Å². The van der Waals surface area contributed by atoms with E-state index in [4.69, 9.17) is 21.4 Å². The summed E-state index contributed by atoms with van der Waals surface area (Å²) in [5, 5.41) is 29.5. The van der Waals surface area contributed by atoms with Gasteiger partial charge in [-0.1, -0.05) is 35.4 Å². The Labute approximate surface area is 328 Å². The number of carbonyl (C=O) groups excluding carboxylic acids is 4. The third-order valence-electron chi connectivity index (χ3n) is 12.3. The zero-order valence-corrected chi connectivity index (χ0v) is 32.1. The first kappa shape index (κ1) is 35.8. The number of amides is 4. The molecule has 0 radical (unpaired) electrons. The van der Waals surface area contributed by atoms with E-state index in [1.165, 1.54) is 58.4 Å². The van der Waals surface area contributed by atoms with Gasteiger partial charge in [0.25, 0.3) is 5.69 Å². The fraction of sp³-hybridized carbons (Fsp3) is 0.293. The number of benzene rings is 3. The van der Waals surface area contributed by atoms with Crippen LogP contribution in [-0.4, -0.2) is 50.5 Å². The molecular weight excluding hydrogens is 758 g/mol. The van der Waals surface area contributed by atoms with Crippen LogP contribution in [0.1, 0.15) is 36.8 Å². The lowest BCUT2D eigenvalue weighted by Crippen LogP contribution is -2.49. The van der Waals surface area contributed by atoms with Gasteiger partial charge < -0.3 is 9.84 Å². The number of aryl methyl sites for hydroxylation is 2. The van der Waals surface area contributed by atoms with Gasteiger partial charge in [0.05, 0.1) is 45.8 Å². The Morgan fingerprint density at radius 3 is 2.52 bits per heavy atom.